The van der Waals surface area contributed by atoms with Crippen molar-refractivity contribution < 1.29 is 14.3 Å². The van der Waals surface area contributed by atoms with Gasteiger partial charge in [-0.3, -0.25) is 14.6 Å². The maximum atomic E-state index is 12.1. The molecule has 2 N–H and O–H groups in total. The summed E-state index contributed by atoms with van der Waals surface area (Å²) in [5.41, 5.74) is 7.86. The smallest absolute Gasteiger partial charge is 0.306 e. The number of nitrogens with zero attached hydrogens (tertiary/aromatic N) is 2. The average Bonchev–Trinajstić information content (AvgIpc) is 2.67. The lowest BCUT2D eigenvalue weighted by Crippen LogP contribution is -2.26. The van der Waals surface area contributed by atoms with Crippen LogP contribution in [-0.2, 0) is 9.53 Å². The van der Waals surface area contributed by atoms with E-state index in [0.717, 1.165) is 31.2 Å². The van der Waals surface area contributed by atoms with E-state index in [0.29, 0.717) is 24.0 Å². The van der Waals surface area contributed by atoms with Crippen LogP contribution < -0.4 is 5.73 Å². The first-order chi connectivity index (χ1) is 13.7. The molecule has 0 aliphatic heterocycles. The molecular formula is C23H29N3O3. The highest BCUT2D eigenvalue weighted by atomic mass is 16.6. The summed E-state index contributed by atoms with van der Waals surface area (Å²) in [6, 6.07) is 8.26. The first-order valence-electron chi connectivity index (χ1n) is 10.2. The fourth-order valence-corrected chi connectivity index (χ4v) is 3.87. The van der Waals surface area contributed by atoms with Gasteiger partial charge in [0, 0.05) is 12.0 Å². The van der Waals surface area contributed by atoms with Gasteiger partial charge in [0.25, 0.3) is 5.91 Å². The lowest BCUT2D eigenvalue weighted by Gasteiger charge is -2.29. The van der Waals surface area contributed by atoms with Gasteiger partial charge in [0.05, 0.1) is 18.1 Å². The quantitative estimate of drug-likeness (QED) is 0.764. The Kier molecular flexibility index (Phi) is 6.30. The fraction of sp³-hybridized carbons (Fsp3) is 0.478. The number of primary amides is 1. The summed E-state index contributed by atoms with van der Waals surface area (Å²) in [6.07, 6.45) is 7.74. The molecule has 1 aliphatic carbocycles. The Morgan fingerprint density at radius 1 is 1.07 bits per heavy atom. The van der Waals surface area contributed by atoms with Crippen molar-refractivity contribution in [3.63, 3.8) is 0 Å². The molecular weight excluding hydrogens is 366 g/mol. The first-order valence-corrected chi connectivity index (χ1v) is 10.2. The number of benzene rings is 1. The second-order valence-electron chi connectivity index (χ2n) is 8.78. The van der Waals surface area contributed by atoms with E-state index in [1.165, 1.54) is 11.8 Å². The van der Waals surface area contributed by atoms with Crippen molar-refractivity contribution in [1.29, 1.82) is 0 Å². The summed E-state index contributed by atoms with van der Waals surface area (Å²) in [4.78, 5) is 31.7. The standard InChI is InChI=1S/C23H29N3O3/c1-23(2,3)29-21(27)12-15-4-6-16(7-5-15)17-8-10-18(11-9-17)19-13-25-14-20(26-19)22(24)28/h8-11,13-16H,4-7,12H2,1-3H3,(H2,24,28)/t15-,16-. The van der Waals surface area contributed by atoms with Gasteiger partial charge in [-0.25, -0.2) is 4.98 Å². The molecule has 0 unspecified atom stereocenters. The van der Waals surface area contributed by atoms with Gasteiger partial charge in [-0.2, -0.15) is 0 Å². The van der Waals surface area contributed by atoms with Crippen molar-refractivity contribution >= 4 is 11.9 Å². The maximum absolute atomic E-state index is 12.1. The number of amides is 1. The molecule has 0 atom stereocenters. The van der Waals surface area contributed by atoms with Crippen LogP contribution in [0.1, 0.15) is 74.8 Å². The Morgan fingerprint density at radius 3 is 2.31 bits per heavy atom. The van der Waals surface area contributed by atoms with E-state index in [-0.39, 0.29) is 11.7 Å². The molecule has 1 amide bonds. The minimum Gasteiger partial charge on any atom is -0.460 e. The van der Waals surface area contributed by atoms with E-state index in [4.69, 9.17) is 10.5 Å². The van der Waals surface area contributed by atoms with Gasteiger partial charge in [0.15, 0.2) is 0 Å². The monoisotopic (exact) mass is 395 g/mol. The number of rotatable bonds is 5. The second kappa shape index (κ2) is 8.72. The van der Waals surface area contributed by atoms with Crippen LogP contribution in [0.3, 0.4) is 0 Å². The number of nitrogens with two attached hydrogens (primary N) is 1. The van der Waals surface area contributed by atoms with E-state index in [2.05, 4.69) is 22.1 Å². The maximum Gasteiger partial charge on any atom is 0.306 e. The molecule has 1 fully saturated rings. The largest absolute Gasteiger partial charge is 0.460 e. The van der Waals surface area contributed by atoms with Gasteiger partial charge in [-0.15, -0.1) is 0 Å². The van der Waals surface area contributed by atoms with E-state index < -0.39 is 11.5 Å². The summed E-state index contributed by atoms with van der Waals surface area (Å²) in [5.74, 6) is 0.234. The minimum absolute atomic E-state index is 0.0930. The third kappa shape index (κ3) is 5.86. The van der Waals surface area contributed by atoms with Crippen LogP contribution in [0.2, 0.25) is 0 Å². The van der Waals surface area contributed by atoms with Gasteiger partial charge >= 0.3 is 5.97 Å². The number of esters is 1. The lowest BCUT2D eigenvalue weighted by atomic mass is 9.77. The van der Waals surface area contributed by atoms with Crippen molar-refractivity contribution in [2.24, 2.45) is 11.7 Å². The van der Waals surface area contributed by atoms with Crippen LogP contribution in [-0.4, -0.2) is 27.4 Å². The summed E-state index contributed by atoms with van der Waals surface area (Å²) in [5, 5.41) is 0. The summed E-state index contributed by atoms with van der Waals surface area (Å²) >= 11 is 0. The average molecular weight is 396 g/mol. The van der Waals surface area contributed by atoms with Gasteiger partial charge in [0.1, 0.15) is 11.3 Å². The lowest BCUT2D eigenvalue weighted by molar-refractivity contribution is -0.156. The van der Waals surface area contributed by atoms with E-state index in [9.17, 15) is 9.59 Å². The molecule has 6 heteroatoms. The molecule has 0 spiro atoms. The molecule has 1 aromatic heterocycles. The van der Waals surface area contributed by atoms with E-state index in [1.807, 2.05) is 32.9 Å². The highest BCUT2D eigenvalue weighted by Gasteiger charge is 2.26. The second-order valence-corrected chi connectivity index (χ2v) is 8.78. The Morgan fingerprint density at radius 2 is 1.72 bits per heavy atom. The van der Waals surface area contributed by atoms with Crippen LogP contribution in [0, 0.1) is 5.92 Å². The van der Waals surface area contributed by atoms with Crippen LogP contribution in [0.4, 0.5) is 0 Å². The molecule has 2 aromatic rings. The zero-order valence-corrected chi connectivity index (χ0v) is 17.4. The van der Waals surface area contributed by atoms with Crippen molar-refractivity contribution in [1.82, 2.24) is 9.97 Å². The predicted molar refractivity (Wildman–Crippen MR) is 111 cm³/mol. The SMILES string of the molecule is CC(C)(C)OC(=O)C[C@H]1CC[C@H](c2ccc(-c3cncc(C(N)=O)n3)cc2)CC1. The topological polar surface area (TPSA) is 95.2 Å². The molecule has 0 bridgehead atoms. The van der Waals surface area contributed by atoms with E-state index >= 15 is 0 Å². The molecule has 1 aromatic carbocycles. The number of ether oxygens (including phenoxy) is 1. The van der Waals surface area contributed by atoms with E-state index in [1.54, 1.807) is 6.20 Å². The van der Waals surface area contributed by atoms with Gasteiger partial charge in [-0.1, -0.05) is 24.3 Å². The first kappa shape index (κ1) is 21.0. The molecule has 29 heavy (non-hydrogen) atoms. The summed E-state index contributed by atoms with van der Waals surface area (Å²) < 4.78 is 5.45. The Balaban J connectivity index is 1.57. The van der Waals surface area contributed by atoms with Gasteiger partial charge in [0.2, 0.25) is 0 Å². The Labute approximate surface area is 171 Å². The fourth-order valence-electron chi connectivity index (χ4n) is 3.87. The minimum atomic E-state index is -0.584. The number of aromatic nitrogens is 2. The van der Waals surface area contributed by atoms with Crippen LogP contribution in [0.5, 0.6) is 0 Å². The summed E-state index contributed by atoms with van der Waals surface area (Å²) in [6.45, 7) is 5.71. The highest BCUT2D eigenvalue weighted by molar-refractivity contribution is 5.90. The number of carbonyl (C=O) groups excluding carboxylic acids is 2. The highest BCUT2D eigenvalue weighted by Crippen LogP contribution is 2.37. The van der Waals surface area contributed by atoms with Crippen molar-refractivity contribution in [2.75, 3.05) is 0 Å². The van der Waals surface area contributed by atoms with Crippen LogP contribution in [0.25, 0.3) is 11.3 Å². The van der Waals surface area contributed by atoms with Gasteiger partial charge in [-0.05, 0) is 63.9 Å². The molecule has 1 saturated carbocycles. The molecule has 3 rings (SSSR count). The number of hydrogen-bond acceptors (Lipinski definition) is 5. The normalized spacial score (nSPS) is 19.6. The van der Waals surface area contributed by atoms with Crippen molar-refractivity contribution in [3.05, 3.63) is 47.9 Å². The van der Waals surface area contributed by atoms with Crippen molar-refractivity contribution in [2.45, 2.75) is 64.4 Å². The molecule has 0 radical (unpaired) electrons. The zero-order valence-electron chi connectivity index (χ0n) is 17.4. The van der Waals surface area contributed by atoms with Gasteiger partial charge < -0.3 is 10.5 Å². The molecule has 1 aliphatic rings. The third-order valence-electron chi connectivity index (χ3n) is 5.29. The van der Waals surface area contributed by atoms with Crippen molar-refractivity contribution in [3.8, 4) is 11.3 Å². The molecule has 154 valence electrons. The predicted octanol–water partition coefficient (Wildman–Crippen LogP) is 4.25. The molecule has 6 nitrogen and oxygen atoms in total. The number of carbonyl (C=O) groups is 2. The zero-order chi connectivity index (χ0) is 21.0. The summed E-state index contributed by atoms with van der Waals surface area (Å²) in [7, 11) is 0. The molecule has 1 heterocycles. The van der Waals surface area contributed by atoms with Crippen LogP contribution in [0.15, 0.2) is 36.7 Å². The number of hydrogen-bond donors (Lipinski definition) is 1. The molecule has 0 saturated heterocycles. The Hall–Kier alpha value is -2.76. The Bertz CT molecular complexity index is 864. The van der Waals surface area contributed by atoms with Crippen LogP contribution >= 0.6 is 0 Å². The third-order valence-corrected chi connectivity index (χ3v) is 5.29.